The van der Waals surface area contributed by atoms with Gasteiger partial charge in [0.2, 0.25) is 5.91 Å². The van der Waals surface area contributed by atoms with Crippen LogP contribution in [0.4, 0.5) is 4.79 Å². The summed E-state index contributed by atoms with van der Waals surface area (Å²) in [5.74, 6) is 1.21. The SMILES string of the molecule is Cn1ccnc1CN(CCO)C(=O)NC1CCCN(C(=O)C2CC2)C1. The number of aliphatic hydroxyl groups excluding tert-OH is 1. The third-order valence-corrected chi connectivity index (χ3v) is 4.90. The number of carbonyl (C=O) groups excluding carboxylic acids is 2. The Labute approximate surface area is 147 Å². The van der Waals surface area contributed by atoms with Crippen molar-refractivity contribution in [1.82, 2.24) is 24.7 Å². The molecule has 1 aliphatic carbocycles. The number of aryl methyl sites for hydroxylation is 1. The number of likely N-dealkylation sites (tertiary alicyclic amines) is 1. The van der Waals surface area contributed by atoms with Crippen molar-refractivity contribution < 1.29 is 14.7 Å². The van der Waals surface area contributed by atoms with Gasteiger partial charge in [-0.15, -0.1) is 0 Å². The highest BCUT2D eigenvalue weighted by Gasteiger charge is 2.35. The van der Waals surface area contributed by atoms with Gasteiger partial charge >= 0.3 is 6.03 Å². The molecule has 25 heavy (non-hydrogen) atoms. The molecule has 1 aromatic rings. The van der Waals surface area contributed by atoms with Gasteiger partial charge in [0, 0.05) is 51.0 Å². The van der Waals surface area contributed by atoms with E-state index >= 15 is 0 Å². The maximum Gasteiger partial charge on any atom is 0.318 e. The topological polar surface area (TPSA) is 90.7 Å². The first-order valence-corrected chi connectivity index (χ1v) is 8.99. The molecule has 8 nitrogen and oxygen atoms in total. The van der Waals surface area contributed by atoms with Crippen LogP contribution in [0.5, 0.6) is 0 Å². The Balaban J connectivity index is 1.56. The van der Waals surface area contributed by atoms with Crippen molar-refractivity contribution in [3.8, 4) is 0 Å². The molecule has 1 unspecified atom stereocenters. The Morgan fingerprint density at radius 2 is 2.20 bits per heavy atom. The summed E-state index contributed by atoms with van der Waals surface area (Å²) in [6, 6.07) is -0.255. The second-order valence-corrected chi connectivity index (χ2v) is 6.95. The molecule has 3 rings (SSSR count). The number of nitrogens with zero attached hydrogens (tertiary/aromatic N) is 4. The molecule has 1 saturated carbocycles. The standard InChI is InChI=1S/C17H27N5O3/c1-20-8-6-18-15(20)12-22(9-10-23)17(25)19-14-3-2-7-21(11-14)16(24)13-4-5-13/h6,8,13-14,23H,2-5,7,9-12H2,1H3,(H,19,25). The van der Waals surface area contributed by atoms with Gasteiger partial charge in [-0.25, -0.2) is 9.78 Å². The lowest BCUT2D eigenvalue weighted by Gasteiger charge is -2.34. The van der Waals surface area contributed by atoms with Crippen LogP contribution in [0.15, 0.2) is 12.4 Å². The summed E-state index contributed by atoms with van der Waals surface area (Å²) in [5.41, 5.74) is 0. The first-order valence-electron chi connectivity index (χ1n) is 8.99. The molecular formula is C17H27N5O3. The average molecular weight is 349 g/mol. The number of hydrogen-bond donors (Lipinski definition) is 2. The monoisotopic (exact) mass is 349 g/mol. The number of rotatable bonds is 6. The lowest BCUT2D eigenvalue weighted by Crippen LogP contribution is -2.53. The zero-order valence-corrected chi connectivity index (χ0v) is 14.7. The van der Waals surface area contributed by atoms with E-state index in [1.165, 1.54) is 0 Å². The van der Waals surface area contributed by atoms with E-state index in [0.29, 0.717) is 13.1 Å². The van der Waals surface area contributed by atoms with Crippen molar-refractivity contribution in [3.63, 3.8) is 0 Å². The van der Waals surface area contributed by atoms with Crippen LogP contribution in [0.25, 0.3) is 0 Å². The third kappa shape index (κ3) is 4.50. The predicted octanol–water partition coefficient (Wildman–Crippen LogP) is 0.325. The number of aliphatic hydroxyl groups is 1. The maximum atomic E-state index is 12.6. The Bertz CT molecular complexity index is 613. The molecule has 3 amide bonds. The average Bonchev–Trinajstić information content (AvgIpc) is 3.38. The fourth-order valence-electron chi connectivity index (χ4n) is 3.24. The van der Waals surface area contributed by atoms with Crippen LogP contribution in [0.3, 0.4) is 0 Å². The summed E-state index contributed by atoms with van der Waals surface area (Å²) in [6.07, 6.45) is 7.29. The van der Waals surface area contributed by atoms with Crippen LogP contribution in [0.2, 0.25) is 0 Å². The van der Waals surface area contributed by atoms with Gasteiger partial charge in [-0.2, -0.15) is 0 Å². The number of hydrogen-bond acceptors (Lipinski definition) is 4. The summed E-state index contributed by atoms with van der Waals surface area (Å²) in [4.78, 5) is 32.5. The summed E-state index contributed by atoms with van der Waals surface area (Å²) < 4.78 is 1.86. The van der Waals surface area contributed by atoms with E-state index in [9.17, 15) is 14.7 Å². The van der Waals surface area contributed by atoms with E-state index in [2.05, 4.69) is 10.3 Å². The van der Waals surface area contributed by atoms with Gasteiger partial charge in [-0.1, -0.05) is 0 Å². The van der Waals surface area contributed by atoms with E-state index in [-0.39, 0.29) is 37.0 Å². The summed E-state index contributed by atoms with van der Waals surface area (Å²) in [6.45, 7) is 1.85. The molecule has 2 aliphatic rings. The van der Waals surface area contributed by atoms with E-state index in [1.807, 2.05) is 22.7 Å². The highest BCUT2D eigenvalue weighted by Crippen LogP contribution is 2.31. The molecule has 0 aromatic carbocycles. The van der Waals surface area contributed by atoms with E-state index < -0.39 is 0 Å². The quantitative estimate of drug-likeness (QED) is 0.774. The Kier molecular flexibility index (Phi) is 5.57. The van der Waals surface area contributed by atoms with Gasteiger partial charge in [-0.3, -0.25) is 4.79 Å². The summed E-state index contributed by atoms with van der Waals surface area (Å²) in [7, 11) is 1.87. The Hall–Kier alpha value is -2.09. The minimum absolute atomic E-state index is 0.0356. The molecule has 1 aromatic heterocycles. The lowest BCUT2D eigenvalue weighted by atomic mass is 10.1. The number of aromatic nitrogens is 2. The number of urea groups is 1. The maximum absolute atomic E-state index is 12.6. The van der Waals surface area contributed by atoms with Crippen LogP contribution in [0, 0.1) is 5.92 Å². The van der Waals surface area contributed by atoms with Gasteiger partial charge in [0.25, 0.3) is 0 Å². The van der Waals surface area contributed by atoms with Crippen LogP contribution in [-0.2, 0) is 18.4 Å². The number of nitrogens with one attached hydrogen (secondary N) is 1. The van der Waals surface area contributed by atoms with Crippen molar-refractivity contribution in [2.24, 2.45) is 13.0 Å². The van der Waals surface area contributed by atoms with E-state index in [1.54, 1.807) is 11.1 Å². The molecule has 1 atom stereocenters. The smallest absolute Gasteiger partial charge is 0.318 e. The molecule has 1 saturated heterocycles. The van der Waals surface area contributed by atoms with Crippen molar-refractivity contribution in [1.29, 1.82) is 0 Å². The van der Waals surface area contributed by atoms with E-state index in [4.69, 9.17) is 0 Å². The molecule has 2 N–H and O–H groups in total. The molecule has 0 bridgehead atoms. The van der Waals surface area contributed by atoms with Crippen LogP contribution in [-0.4, -0.2) is 68.7 Å². The third-order valence-electron chi connectivity index (χ3n) is 4.90. The fraction of sp³-hybridized carbons (Fsp3) is 0.706. The molecule has 1 aliphatic heterocycles. The van der Waals surface area contributed by atoms with Gasteiger partial charge in [-0.05, 0) is 25.7 Å². The first kappa shape index (κ1) is 17.7. The number of piperidine rings is 1. The van der Waals surface area contributed by atoms with Crippen LogP contribution < -0.4 is 5.32 Å². The van der Waals surface area contributed by atoms with Gasteiger partial charge < -0.3 is 24.8 Å². The van der Waals surface area contributed by atoms with E-state index in [0.717, 1.165) is 38.1 Å². The summed E-state index contributed by atoms with van der Waals surface area (Å²) in [5, 5.41) is 12.3. The second-order valence-electron chi connectivity index (χ2n) is 6.95. The molecule has 0 spiro atoms. The zero-order valence-electron chi connectivity index (χ0n) is 14.7. The Morgan fingerprint density at radius 3 is 2.84 bits per heavy atom. The molecule has 0 radical (unpaired) electrons. The number of carbonyl (C=O) groups is 2. The van der Waals surface area contributed by atoms with Gasteiger partial charge in [0.05, 0.1) is 13.2 Å². The van der Waals surface area contributed by atoms with Gasteiger partial charge in [0.15, 0.2) is 0 Å². The lowest BCUT2D eigenvalue weighted by molar-refractivity contribution is -0.133. The molecule has 2 heterocycles. The van der Waals surface area contributed by atoms with Gasteiger partial charge in [0.1, 0.15) is 5.82 Å². The highest BCUT2D eigenvalue weighted by atomic mass is 16.3. The largest absolute Gasteiger partial charge is 0.395 e. The van der Waals surface area contributed by atoms with Crippen molar-refractivity contribution in [3.05, 3.63) is 18.2 Å². The number of imidazole rings is 1. The normalized spacial score (nSPS) is 20.4. The van der Waals surface area contributed by atoms with Crippen molar-refractivity contribution in [2.45, 2.75) is 38.3 Å². The molecule has 138 valence electrons. The van der Waals surface area contributed by atoms with Crippen molar-refractivity contribution >= 4 is 11.9 Å². The predicted molar refractivity (Wildman–Crippen MR) is 91.6 cm³/mol. The summed E-state index contributed by atoms with van der Waals surface area (Å²) >= 11 is 0. The number of amides is 3. The molecule has 8 heteroatoms. The van der Waals surface area contributed by atoms with Crippen LogP contribution >= 0.6 is 0 Å². The fourth-order valence-corrected chi connectivity index (χ4v) is 3.24. The molecular weight excluding hydrogens is 322 g/mol. The minimum atomic E-state index is -0.220. The molecule has 2 fully saturated rings. The highest BCUT2D eigenvalue weighted by molar-refractivity contribution is 5.81. The first-order chi connectivity index (χ1) is 12.1. The zero-order chi connectivity index (χ0) is 17.8. The van der Waals surface area contributed by atoms with Crippen molar-refractivity contribution in [2.75, 3.05) is 26.2 Å². The minimum Gasteiger partial charge on any atom is -0.395 e. The Morgan fingerprint density at radius 1 is 1.40 bits per heavy atom. The van der Waals surface area contributed by atoms with Crippen LogP contribution in [0.1, 0.15) is 31.5 Å². The second kappa shape index (κ2) is 7.86.